The maximum Gasteiger partial charge on any atom is 0.270 e. The Morgan fingerprint density at radius 2 is 2.35 bits per heavy atom. The van der Waals surface area contributed by atoms with E-state index >= 15 is 0 Å². The van der Waals surface area contributed by atoms with Crippen molar-refractivity contribution in [3.63, 3.8) is 0 Å². The molecule has 0 radical (unpaired) electrons. The Bertz CT molecular complexity index is 689. The second kappa shape index (κ2) is 6.80. The van der Waals surface area contributed by atoms with Crippen molar-refractivity contribution in [3.8, 4) is 0 Å². The minimum atomic E-state index is -0.532. The molecule has 2 aromatic heterocycles. The molecule has 122 valence electrons. The number of aromatic nitrogens is 3. The van der Waals surface area contributed by atoms with Gasteiger partial charge in [-0.3, -0.25) is 9.48 Å². The van der Waals surface area contributed by atoms with Crippen molar-refractivity contribution in [2.75, 3.05) is 0 Å². The Morgan fingerprint density at radius 1 is 1.52 bits per heavy atom. The molecule has 1 saturated carbocycles. The van der Waals surface area contributed by atoms with Gasteiger partial charge in [0.2, 0.25) is 0 Å². The van der Waals surface area contributed by atoms with Gasteiger partial charge in [-0.05, 0) is 59.3 Å². The zero-order chi connectivity index (χ0) is 16.4. The van der Waals surface area contributed by atoms with Crippen LogP contribution in [0.4, 0.5) is 0 Å². The lowest BCUT2D eigenvalue weighted by molar-refractivity contribution is 0.0867. The Morgan fingerprint density at radius 3 is 3.04 bits per heavy atom. The number of carbonyl (C=O) groups excluding carboxylic acids is 1. The van der Waals surface area contributed by atoms with Gasteiger partial charge < -0.3 is 10.4 Å². The summed E-state index contributed by atoms with van der Waals surface area (Å²) in [5.74, 6) is 0.0629. The van der Waals surface area contributed by atoms with Gasteiger partial charge in [-0.25, -0.2) is 4.98 Å². The molecule has 0 aromatic carbocycles. The summed E-state index contributed by atoms with van der Waals surface area (Å²) in [4.78, 5) is 16.6. The monoisotopic (exact) mass is 378 g/mol. The van der Waals surface area contributed by atoms with Crippen molar-refractivity contribution in [3.05, 3.63) is 46.5 Å². The summed E-state index contributed by atoms with van der Waals surface area (Å²) in [5, 5.41) is 17.3. The number of amides is 1. The van der Waals surface area contributed by atoms with Crippen LogP contribution in [-0.4, -0.2) is 37.9 Å². The summed E-state index contributed by atoms with van der Waals surface area (Å²) in [6.45, 7) is 2.60. The fraction of sp³-hybridized carbons (Fsp3) is 0.438. The summed E-state index contributed by atoms with van der Waals surface area (Å²) >= 11 is 3.34. The molecule has 2 N–H and O–H groups in total. The Balaban J connectivity index is 1.62. The lowest BCUT2D eigenvalue weighted by Crippen LogP contribution is -2.40. The van der Waals surface area contributed by atoms with Crippen LogP contribution in [0.5, 0.6) is 0 Å². The molecule has 1 aliphatic rings. The minimum absolute atomic E-state index is 0.237. The van der Waals surface area contributed by atoms with Crippen molar-refractivity contribution in [2.45, 2.75) is 38.5 Å². The number of carbonyl (C=O) groups is 1. The van der Waals surface area contributed by atoms with Crippen LogP contribution in [-0.2, 0) is 6.54 Å². The maximum absolute atomic E-state index is 12.4. The number of nitrogens with one attached hydrogen (secondary N) is 1. The van der Waals surface area contributed by atoms with Crippen LogP contribution in [0.25, 0.3) is 0 Å². The van der Waals surface area contributed by atoms with E-state index in [1.165, 1.54) is 0 Å². The summed E-state index contributed by atoms with van der Waals surface area (Å²) < 4.78 is 2.70. The van der Waals surface area contributed by atoms with E-state index in [2.05, 4.69) is 31.3 Å². The van der Waals surface area contributed by atoms with E-state index in [1.54, 1.807) is 12.4 Å². The molecule has 0 saturated heterocycles. The number of nitrogens with zero attached hydrogens (tertiary/aromatic N) is 3. The van der Waals surface area contributed by atoms with E-state index in [0.717, 1.165) is 23.0 Å². The first-order chi connectivity index (χ1) is 11.0. The first-order valence-electron chi connectivity index (χ1n) is 7.61. The van der Waals surface area contributed by atoms with Gasteiger partial charge in [0, 0.05) is 29.6 Å². The van der Waals surface area contributed by atoms with Crippen LogP contribution < -0.4 is 5.32 Å². The molecule has 2 heterocycles. The number of halogens is 1. The standard InChI is InChI=1S/C16H19BrN4O2/c1-10-5-12(17)8-18-15(10)16(23)20-13-6-11(7-14(13)22)9-21-4-2-3-19-21/h2-5,8,11,13-14,22H,6-7,9H2,1H3,(H,20,23)/t11?,13-,14-/m1/s1. The number of rotatable bonds is 4. The molecule has 6 nitrogen and oxygen atoms in total. The number of aryl methyl sites for hydroxylation is 1. The smallest absolute Gasteiger partial charge is 0.270 e. The Hall–Kier alpha value is -1.73. The molecule has 0 aliphatic heterocycles. The van der Waals surface area contributed by atoms with Crippen LogP contribution in [0, 0.1) is 12.8 Å². The second-order valence-electron chi connectivity index (χ2n) is 6.03. The van der Waals surface area contributed by atoms with Crippen LogP contribution in [0.2, 0.25) is 0 Å². The van der Waals surface area contributed by atoms with E-state index in [9.17, 15) is 9.90 Å². The van der Waals surface area contributed by atoms with Crippen LogP contribution >= 0.6 is 15.9 Å². The third kappa shape index (κ3) is 3.79. The summed E-state index contributed by atoms with van der Waals surface area (Å²) in [5.41, 5.74) is 1.20. The van der Waals surface area contributed by atoms with E-state index in [-0.39, 0.29) is 11.9 Å². The van der Waals surface area contributed by atoms with E-state index in [0.29, 0.717) is 18.0 Å². The van der Waals surface area contributed by atoms with Gasteiger partial charge >= 0.3 is 0 Å². The molecule has 3 atom stereocenters. The van der Waals surface area contributed by atoms with Crippen LogP contribution in [0.1, 0.15) is 28.9 Å². The third-order valence-corrected chi connectivity index (χ3v) is 4.64. The summed E-state index contributed by atoms with van der Waals surface area (Å²) in [6, 6.07) is 3.49. The largest absolute Gasteiger partial charge is 0.391 e. The maximum atomic E-state index is 12.4. The lowest BCUT2D eigenvalue weighted by Gasteiger charge is -2.17. The molecular weight excluding hydrogens is 360 g/mol. The molecule has 3 rings (SSSR count). The number of aliphatic hydroxyl groups excluding tert-OH is 1. The van der Waals surface area contributed by atoms with Gasteiger partial charge in [0.15, 0.2) is 0 Å². The average molecular weight is 379 g/mol. The predicted molar refractivity (Wildman–Crippen MR) is 88.9 cm³/mol. The summed E-state index contributed by atoms with van der Waals surface area (Å²) in [7, 11) is 0. The Kier molecular flexibility index (Phi) is 4.77. The third-order valence-electron chi connectivity index (χ3n) is 4.21. The van der Waals surface area contributed by atoms with Crippen molar-refractivity contribution in [2.24, 2.45) is 5.92 Å². The zero-order valence-corrected chi connectivity index (χ0v) is 14.4. The van der Waals surface area contributed by atoms with E-state index < -0.39 is 6.10 Å². The van der Waals surface area contributed by atoms with Crippen molar-refractivity contribution >= 4 is 21.8 Å². The zero-order valence-electron chi connectivity index (χ0n) is 12.8. The fourth-order valence-electron chi connectivity index (χ4n) is 3.11. The van der Waals surface area contributed by atoms with Gasteiger partial charge in [0.1, 0.15) is 5.69 Å². The number of pyridine rings is 1. The van der Waals surface area contributed by atoms with Crippen LogP contribution in [0.15, 0.2) is 35.2 Å². The van der Waals surface area contributed by atoms with Gasteiger partial charge in [0.25, 0.3) is 5.91 Å². The topological polar surface area (TPSA) is 80.0 Å². The van der Waals surface area contributed by atoms with Crippen molar-refractivity contribution in [1.82, 2.24) is 20.1 Å². The fourth-order valence-corrected chi connectivity index (χ4v) is 3.56. The molecule has 7 heteroatoms. The first-order valence-corrected chi connectivity index (χ1v) is 8.40. The molecule has 2 aromatic rings. The van der Waals surface area contributed by atoms with Gasteiger partial charge in [0.05, 0.1) is 12.1 Å². The van der Waals surface area contributed by atoms with E-state index in [1.807, 2.05) is 29.9 Å². The molecule has 1 fully saturated rings. The SMILES string of the molecule is Cc1cc(Br)cnc1C(=O)N[C@@H]1CC(Cn2cccn2)C[C@H]1O. The quantitative estimate of drug-likeness (QED) is 0.851. The molecule has 0 spiro atoms. The molecule has 1 aliphatic carbocycles. The summed E-state index contributed by atoms with van der Waals surface area (Å²) in [6.07, 6.45) is 6.13. The number of aliphatic hydroxyl groups is 1. The minimum Gasteiger partial charge on any atom is -0.391 e. The van der Waals surface area contributed by atoms with Gasteiger partial charge in [-0.2, -0.15) is 5.10 Å². The predicted octanol–water partition coefficient (Wildman–Crippen LogP) is 1.92. The highest BCUT2D eigenvalue weighted by atomic mass is 79.9. The highest BCUT2D eigenvalue weighted by Crippen LogP contribution is 2.27. The molecule has 1 amide bonds. The van der Waals surface area contributed by atoms with E-state index in [4.69, 9.17) is 0 Å². The Labute approximate surface area is 143 Å². The van der Waals surface area contributed by atoms with Gasteiger partial charge in [-0.1, -0.05) is 0 Å². The van der Waals surface area contributed by atoms with Crippen molar-refractivity contribution < 1.29 is 9.90 Å². The van der Waals surface area contributed by atoms with Crippen molar-refractivity contribution in [1.29, 1.82) is 0 Å². The van der Waals surface area contributed by atoms with Gasteiger partial charge in [-0.15, -0.1) is 0 Å². The molecular formula is C16H19BrN4O2. The molecule has 1 unspecified atom stereocenters. The average Bonchev–Trinajstić information content (AvgIpc) is 3.10. The van der Waals surface area contributed by atoms with Crippen LogP contribution in [0.3, 0.4) is 0 Å². The lowest BCUT2D eigenvalue weighted by atomic mass is 10.1. The highest BCUT2D eigenvalue weighted by molar-refractivity contribution is 9.10. The number of hydrogen-bond donors (Lipinski definition) is 2. The normalized spacial score (nSPS) is 23.9. The second-order valence-corrected chi connectivity index (χ2v) is 6.95. The molecule has 0 bridgehead atoms. The molecule has 23 heavy (non-hydrogen) atoms. The highest BCUT2D eigenvalue weighted by Gasteiger charge is 2.34. The number of hydrogen-bond acceptors (Lipinski definition) is 4. The first kappa shape index (κ1) is 16.1.